The molecule has 6 heteroatoms. The maximum atomic E-state index is 12.6. The molecule has 1 fully saturated rings. The highest BCUT2D eigenvalue weighted by atomic mass is 35.5. The van der Waals surface area contributed by atoms with Crippen molar-refractivity contribution in [2.45, 2.75) is 32.2 Å². The number of fused-ring (bicyclic) bond motifs is 1. The molecule has 148 valence electrons. The lowest BCUT2D eigenvalue weighted by atomic mass is 10.1. The Kier molecular flexibility index (Phi) is 6.35. The van der Waals surface area contributed by atoms with Crippen molar-refractivity contribution in [3.05, 3.63) is 46.8 Å². The van der Waals surface area contributed by atoms with Crippen LogP contribution in [0.15, 0.2) is 41.8 Å². The van der Waals surface area contributed by atoms with E-state index < -0.39 is 0 Å². The molecule has 1 aliphatic heterocycles. The summed E-state index contributed by atoms with van der Waals surface area (Å²) in [5, 5.41) is 6.94. The van der Waals surface area contributed by atoms with Gasteiger partial charge in [0.05, 0.1) is 10.6 Å². The zero-order valence-electron chi connectivity index (χ0n) is 16.0. The van der Waals surface area contributed by atoms with Crippen molar-refractivity contribution in [2.75, 3.05) is 26.2 Å². The van der Waals surface area contributed by atoms with Crippen molar-refractivity contribution in [2.24, 2.45) is 0 Å². The van der Waals surface area contributed by atoms with E-state index >= 15 is 0 Å². The topological polar surface area (TPSA) is 37.3 Å². The molecule has 0 radical (unpaired) electrons. The predicted octanol–water partition coefficient (Wildman–Crippen LogP) is 5.02. The van der Waals surface area contributed by atoms with Crippen molar-refractivity contribution in [1.29, 1.82) is 0 Å². The molecule has 4 nitrogen and oxygen atoms in total. The first-order chi connectivity index (χ1) is 13.7. The first-order valence-electron chi connectivity index (χ1n) is 10.0. The summed E-state index contributed by atoms with van der Waals surface area (Å²) in [5.41, 5.74) is 2.10. The molecular weight excluding hydrogens is 390 g/mol. The SMILES string of the molecule is O=C(Cn1c(-c2cccs2)cc2cc(Cl)ccc21)NCCCN1CCCCC1. The molecule has 3 aromatic rings. The van der Waals surface area contributed by atoms with Gasteiger partial charge in [-0.05, 0) is 74.6 Å². The Hall–Kier alpha value is -1.82. The number of carbonyl (C=O) groups is 1. The van der Waals surface area contributed by atoms with Crippen LogP contribution in [0.5, 0.6) is 0 Å². The molecular formula is C22H26ClN3OS. The number of piperidine rings is 1. The zero-order valence-corrected chi connectivity index (χ0v) is 17.6. The molecule has 0 aliphatic carbocycles. The van der Waals surface area contributed by atoms with Crippen LogP contribution in [0.3, 0.4) is 0 Å². The summed E-state index contributed by atoms with van der Waals surface area (Å²) < 4.78 is 2.09. The molecule has 3 heterocycles. The van der Waals surface area contributed by atoms with Gasteiger partial charge in [-0.1, -0.05) is 24.1 Å². The number of thiophene rings is 1. The number of hydrogen-bond donors (Lipinski definition) is 1. The number of nitrogens with zero attached hydrogens (tertiary/aromatic N) is 2. The van der Waals surface area contributed by atoms with Gasteiger partial charge >= 0.3 is 0 Å². The van der Waals surface area contributed by atoms with Gasteiger partial charge in [-0.3, -0.25) is 4.79 Å². The second-order valence-corrected chi connectivity index (χ2v) is 8.79. The lowest BCUT2D eigenvalue weighted by molar-refractivity contribution is -0.121. The van der Waals surface area contributed by atoms with E-state index in [0.717, 1.165) is 41.0 Å². The van der Waals surface area contributed by atoms with Gasteiger partial charge in [0, 0.05) is 22.5 Å². The smallest absolute Gasteiger partial charge is 0.239 e. The Balaban J connectivity index is 1.41. The Morgan fingerprint density at radius 3 is 2.79 bits per heavy atom. The number of carbonyl (C=O) groups excluding carboxylic acids is 1. The Bertz CT molecular complexity index is 929. The predicted molar refractivity (Wildman–Crippen MR) is 118 cm³/mol. The van der Waals surface area contributed by atoms with Crippen LogP contribution >= 0.6 is 22.9 Å². The minimum absolute atomic E-state index is 0.0592. The maximum Gasteiger partial charge on any atom is 0.239 e. The first-order valence-corrected chi connectivity index (χ1v) is 11.3. The van der Waals surface area contributed by atoms with Crippen molar-refractivity contribution in [3.63, 3.8) is 0 Å². The van der Waals surface area contributed by atoms with Crippen LogP contribution in [-0.2, 0) is 11.3 Å². The summed E-state index contributed by atoms with van der Waals surface area (Å²) in [6.45, 7) is 4.54. The van der Waals surface area contributed by atoms with Crippen LogP contribution in [0.4, 0.5) is 0 Å². The zero-order chi connectivity index (χ0) is 19.3. The van der Waals surface area contributed by atoms with Gasteiger partial charge in [0.2, 0.25) is 5.91 Å². The average Bonchev–Trinajstić information content (AvgIpc) is 3.34. The number of aromatic nitrogens is 1. The molecule has 0 atom stereocenters. The molecule has 1 N–H and O–H groups in total. The third kappa shape index (κ3) is 4.59. The fraction of sp³-hybridized carbons (Fsp3) is 0.409. The van der Waals surface area contributed by atoms with E-state index in [0.29, 0.717) is 11.6 Å². The summed E-state index contributed by atoms with van der Waals surface area (Å²) in [7, 11) is 0. The second-order valence-electron chi connectivity index (χ2n) is 7.40. The van der Waals surface area contributed by atoms with Crippen LogP contribution in [0, 0.1) is 0 Å². The molecule has 28 heavy (non-hydrogen) atoms. The number of benzene rings is 1. The lowest BCUT2D eigenvalue weighted by Crippen LogP contribution is -2.34. The van der Waals surface area contributed by atoms with Gasteiger partial charge < -0.3 is 14.8 Å². The van der Waals surface area contributed by atoms with E-state index in [2.05, 4.69) is 32.3 Å². The summed E-state index contributed by atoms with van der Waals surface area (Å²) in [4.78, 5) is 16.3. The molecule has 1 aliphatic rings. The monoisotopic (exact) mass is 415 g/mol. The first kappa shape index (κ1) is 19.5. The van der Waals surface area contributed by atoms with Gasteiger partial charge in [-0.15, -0.1) is 11.3 Å². The Morgan fingerprint density at radius 2 is 2.00 bits per heavy atom. The minimum Gasteiger partial charge on any atom is -0.355 e. The van der Waals surface area contributed by atoms with Gasteiger partial charge in [-0.2, -0.15) is 0 Å². The molecule has 0 unspecified atom stereocenters. The van der Waals surface area contributed by atoms with Gasteiger partial charge in [0.1, 0.15) is 6.54 Å². The number of halogens is 1. The average molecular weight is 416 g/mol. The van der Waals surface area contributed by atoms with Crippen LogP contribution in [0.25, 0.3) is 21.5 Å². The summed E-state index contributed by atoms with van der Waals surface area (Å²) >= 11 is 7.85. The second kappa shape index (κ2) is 9.12. The number of hydrogen-bond acceptors (Lipinski definition) is 3. The third-order valence-corrected chi connectivity index (χ3v) is 6.49. The summed E-state index contributed by atoms with van der Waals surface area (Å²) in [6, 6.07) is 12.1. The normalized spacial score (nSPS) is 15.2. The number of likely N-dealkylation sites (tertiary alicyclic amines) is 1. The molecule has 0 bridgehead atoms. The van der Waals surface area contributed by atoms with Crippen LogP contribution < -0.4 is 5.32 Å². The van der Waals surface area contributed by atoms with E-state index in [1.807, 2.05) is 24.3 Å². The van der Waals surface area contributed by atoms with E-state index in [1.54, 1.807) is 11.3 Å². The van der Waals surface area contributed by atoms with E-state index in [1.165, 1.54) is 32.4 Å². The highest BCUT2D eigenvalue weighted by molar-refractivity contribution is 7.13. The third-order valence-electron chi connectivity index (χ3n) is 5.36. The number of amides is 1. The molecule has 0 saturated carbocycles. The highest BCUT2D eigenvalue weighted by Gasteiger charge is 2.15. The standard InChI is InChI=1S/C22H26ClN3OS/c23-18-7-8-19-17(14-18)15-20(21-6-4-13-28-21)26(19)16-22(27)24-9-5-12-25-10-2-1-3-11-25/h4,6-8,13-15H,1-3,5,9-12,16H2,(H,24,27). The van der Waals surface area contributed by atoms with Gasteiger partial charge in [0.15, 0.2) is 0 Å². The van der Waals surface area contributed by atoms with Crippen molar-refractivity contribution < 1.29 is 4.79 Å². The van der Waals surface area contributed by atoms with Crippen molar-refractivity contribution in [1.82, 2.24) is 14.8 Å². The Morgan fingerprint density at radius 1 is 1.14 bits per heavy atom. The lowest BCUT2D eigenvalue weighted by Gasteiger charge is -2.26. The molecule has 1 saturated heterocycles. The molecule has 4 rings (SSSR count). The summed E-state index contributed by atoms with van der Waals surface area (Å²) in [5.74, 6) is 0.0592. The van der Waals surface area contributed by atoms with Crippen LogP contribution in [0.2, 0.25) is 5.02 Å². The van der Waals surface area contributed by atoms with Crippen molar-refractivity contribution >= 4 is 39.7 Å². The largest absolute Gasteiger partial charge is 0.355 e. The quantitative estimate of drug-likeness (QED) is 0.550. The van der Waals surface area contributed by atoms with Crippen molar-refractivity contribution in [3.8, 4) is 10.6 Å². The Labute approximate surface area is 175 Å². The minimum atomic E-state index is 0.0592. The number of rotatable bonds is 7. The van der Waals surface area contributed by atoms with E-state index in [9.17, 15) is 4.79 Å². The maximum absolute atomic E-state index is 12.6. The summed E-state index contributed by atoms with van der Waals surface area (Å²) in [6.07, 6.45) is 4.98. The van der Waals surface area contributed by atoms with Crippen LogP contribution in [-0.4, -0.2) is 41.6 Å². The highest BCUT2D eigenvalue weighted by Crippen LogP contribution is 2.32. The van der Waals surface area contributed by atoms with E-state index in [4.69, 9.17) is 11.6 Å². The molecule has 1 aromatic carbocycles. The fourth-order valence-corrected chi connectivity index (χ4v) is 4.88. The number of nitrogens with one attached hydrogen (secondary N) is 1. The molecule has 1 amide bonds. The molecule has 2 aromatic heterocycles. The van der Waals surface area contributed by atoms with Gasteiger partial charge in [-0.25, -0.2) is 0 Å². The van der Waals surface area contributed by atoms with Crippen LogP contribution in [0.1, 0.15) is 25.7 Å². The van der Waals surface area contributed by atoms with E-state index in [-0.39, 0.29) is 5.91 Å². The van der Waals surface area contributed by atoms with Gasteiger partial charge in [0.25, 0.3) is 0 Å². The fourth-order valence-electron chi connectivity index (χ4n) is 3.95. The molecule has 0 spiro atoms.